The van der Waals surface area contributed by atoms with Gasteiger partial charge < -0.3 is 9.47 Å². The van der Waals surface area contributed by atoms with Gasteiger partial charge in [-0.05, 0) is 76.3 Å². The number of anilines is 3. The standard InChI is InChI=1S/C54H36N2S/c1-4-16-37(17-5-1)38-30-32-40(33-31-38)44-24-14-27-49-53(44)47-35-34-42(36-51(47)55(49)41-20-8-3-9-21-41)56(48-26-12-10-22-43(48)39-18-6-2-7-19-39)50-28-15-25-46-45-23-11-13-29-52(45)57-54(46)50/h1-36H. The number of fused-ring (bicyclic) bond motifs is 6. The number of hydrogen-bond acceptors (Lipinski definition) is 2. The summed E-state index contributed by atoms with van der Waals surface area (Å²) in [7, 11) is 0. The van der Waals surface area contributed by atoms with Crippen LogP contribution in [0, 0.1) is 0 Å². The van der Waals surface area contributed by atoms with E-state index in [1.807, 2.05) is 11.3 Å². The quantitative estimate of drug-likeness (QED) is 0.158. The van der Waals surface area contributed by atoms with Crippen molar-refractivity contribution in [2.45, 2.75) is 0 Å². The van der Waals surface area contributed by atoms with Crippen molar-refractivity contribution >= 4 is 70.4 Å². The topological polar surface area (TPSA) is 8.17 Å². The maximum Gasteiger partial charge on any atom is 0.0640 e. The first-order valence-corrected chi connectivity index (χ1v) is 20.3. The van der Waals surface area contributed by atoms with E-state index < -0.39 is 0 Å². The molecule has 57 heavy (non-hydrogen) atoms. The third kappa shape index (κ3) is 5.63. The van der Waals surface area contributed by atoms with Gasteiger partial charge in [-0.15, -0.1) is 11.3 Å². The third-order valence-corrected chi connectivity index (χ3v) is 12.4. The van der Waals surface area contributed by atoms with Crippen LogP contribution in [0.25, 0.3) is 81.0 Å². The summed E-state index contributed by atoms with van der Waals surface area (Å²) in [4.78, 5) is 2.48. The van der Waals surface area contributed by atoms with Gasteiger partial charge in [-0.2, -0.15) is 0 Å². The molecule has 11 aromatic rings. The molecule has 0 N–H and O–H groups in total. The molecule has 0 radical (unpaired) electrons. The van der Waals surface area contributed by atoms with E-state index in [2.05, 4.69) is 228 Å². The van der Waals surface area contributed by atoms with Crippen molar-refractivity contribution in [1.29, 1.82) is 0 Å². The van der Waals surface area contributed by atoms with Gasteiger partial charge in [0.05, 0.1) is 27.1 Å². The Balaban J connectivity index is 1.18. The second-order valence-corrected chi connectivity index (χ2v) is 15.5. The van der Waals surface area contributed by atoms with Gasteiger partial charge in [0.15, 0.2) is 0 Å². The Hall–Kier alpha value is -7.20. The van der Waals surface area contributed by atoms with E-state index >= 15 is 0 Å². The lowest BCUT2D eigenvalue weighted by atomic mass is 9.97. The summed E-state index contributed by atoms with van der Waals surface area (Å²) in [5, 5.41) is 5.03. The van der Waals surface area contributed by atoms with Gasteiger partial charge >= 0.3 is 0 Å². The predicted molar refractivity (Wildman–Crippen MR) is 245 cm³/mol. The molecule has 268 valence electrons. The summed E-state index contributed by atoms with van der Waals surface area (Å²) in [5.41, 5.74) is 14.1. The van der Waals surface area contributed by atoms with Crippen LogP contribution in [0.15, 0.2) is 218 Å². The minimum atomic E-state index is 1.10. The molecule has 0 aliphatic rings. The third-order valence-electron chi connectivity index (χ3n) is 11.2. The molecule has 0 unspecified atom stereocenters. The van der Waals surface area contributed by atoms with Crippen LogP contribution in [-0.4, -0.2) is 4.57 Å². The lowest BCUT2D eigenvalue weighted by Gasteiger charge is -2.28. The Kier molecular flexibility index (Phi) is 8.04. The van der Waals surface area contributed by atoms with Crippen molar-refractivity contribution in [3.63, 3.8) is 0 Å². The van der Waals surface area contributed by atoms with E-state index in [0.29, 0.717) is 0 Å². The molecule has 0 bridgehead atoms. The van der Waals surface area contributed by atoms with E-state index in [1.165, 1.54) is 69.8 Å². The van der Waals surface area contributed by atoms with Crippen LogP contribution in [0.4, 0.5) is 17.1 Å². The van der Waals surface area contributed by atoms with Crippen molar-refractivity contribution in [3.8, 4) is 39.1 Å². The number of rotatable bonds is 7. The lowest BCUT2D eigenvalue weighted by molar-refractivity contribution is 1.18. The summed E-state index contributed by atoms with van der Waals surface area (Å²) >= 11 is 1.87. The van der Waals surface area contributed by atoms with Crippen LogP contribution in [0.2, 0.25) is 0 Å². The number of aromatic nitrogens is 1. The average Bonchev–Trinajstić information content (AvgIpc) is 3.84. The molecular weight excluding hydrogens is 709 g/mol. The van der Waals surface area contributed by atoms with Crippen LogP contribution in [0.3, 0.4) is 0 Å². The Labute approximate surface area is 335 Å². The first-order valence-electron chi connectivity index (χ1n) is 19.4. The highest BCUT2D eigenvalue weighted by molar-refractivity contribution is 7.26. The minimum Gasteiger partial charge on any atom is -0.309 e. The van der Waals surface area contributed by atoms with E-state index in [9.17, 15) is 0 Å². The molecule has 2 nitrogen and oxygen atoms in total. The monoisotopic (exact) mass is 744 g/mol. The largest absolute Gasteiger partial charge is 0.309 e. The van der Waals surface area contributed by atoms with Crippen LogP contribution < -0.4 is 4.90 Å². The summed E-state index contributed by atoms with van der Waals surface area (Å²) < 4.78 is 5.00. The van der Waals surface area contributed by atoms with Crippen molar-refractivity contribution in [2.75, 3.05) is 4.90 Å². The maximum atomic E-state index is 2.48. The van der Waals surface area contributed by atoms with E-state index in [4.69, 9.17) is 0 Å². The average molecular weight is 745 g/mol. The SMILES string of the molecule is c1ccc(-c2ccc(-c3cccc4c3c3ccc(N(c5ccccc5-c5ccccc5)c5cccc6c5sc5ccccc56)cc3n4-c3ccccc3)cc2)cc1. The van der Waals surface area contributed by atoms with Crippen molar-refractivity contribution in [1.82, 2.24) is 4.57 Å². The zero-order valence-corrected chi connectivity index (χ0v) is 31.9. The highest BCUT2D eigenvalue weighted by Crippen LogP contribution is 2.48. The lowest BCUT2D eigenvalue weighted by Crippen LogP contribution is -2.11. The first-order chi connectivity index (χ1) is 28.3. The van der Waals surface area contributed by atoms with E-state index in [-0.39, 0.29) is 0 Å². The van der Waals surface area contributed by atoms with Crippen LogP contribution >= 0.6 is 11.3 Å². The van der Waals surface area contributed by atoms with Gasteiger partial charge in [-0.3, -0.25) is 0 Å². The van der Waals surface area contributed by atoms with E-state index in [0.717, 1.165) is 28.3 Å². The maximum absolute atomic E-state index is 2.48. The molecule has 2 heterocycles. The van der Waals surface area contributed by atoms with E-state index in [1.54, 1.807) is 0 Å². The number of benzene rings is 9. The van der Waals surface area contributed by atoms with Gasteiger partial charge in [0.1, 0.15) is 0 Å². The number of thiophene rings is 1. The smallest absolute Gasteiger partial charge is 0.0640 e. The van der Waals surface area contributed by atoms with Crippen molar-refractivity contribution in [3.05, 3.63) is 218 Å². The molecule has 0 saturated heterocycles. The molecule has 2 aromatic heterocycles. The summed E-state index contributed by atoms with van der Waals surface area (Å²) in [6.07, 6.45) is 0. The number of nitrogens with zero attached hydrogens (tertiary/aromatic N) is 2. The molecule has 0 fully saturated rings. The highest BCUT2D eigenvalue weighted by Gasteiger charge is 2.23. The van der Waals surface area contributed by atoms with Gasteiger partial charge in [0, 0.05) is 43.2 Å². The molecule has 0 aliphatic carbocycles. The summed E-state index contributed by atoms with van der Waals surface area (Å²) in [5.74, 6) is 0. The fraction of sp³-hybridized carbons (Fsp3) is 0. The highest BCUT2D eigenvalue weighted by atomic mass is 32.1. The molecule has 0 aliphatic heterocycles. The number of hydrogen-bond donors (Lipinski definition) is 0. The Bertz CT molecular complexity index is 3220. The zero-order valence-electron chi connectivity index (χ0n) is 31.1. The van der Waals surface area contributed by atoms with Crippen molar-refractivity contribution in [2.24, 2.45) is 0 Å². The molecule has 9 aromatic carbocycles. The molecule has 11 rings (SSSR count). The predicted octanol–water partition coefficient (Wildman–Crippen LogP) is 15.6. The first kappa shape index (κ1) is 33.2. The van der Waals surface area contributed by atoms with Gasteiger partial charge in [0.25, 0.3) is 0 Å². The van der Waals surface area contributed by atoms with Gasteiger partial charge in [0.2, 0.25) is 0 Å². The summed E-state index contributed by atoms with van der Waals surface area (Å²) in [6, 6.07) is 79.3. The molecule has 3 heteroatoms. The summed E-state index contributed by atoms with van der Waals surface area (Å²) in [6.45, 7) is 0. The van der Waals surface area contributed by atoms with Gasteiger partial charge in [-0.25, -0.2) is 0 Å². The molecular formula is C54H36N2S. The van der Waals surface area contributed by atoms with Crippen LogP contribution in [-0.2, 0) is 0 Å². The molecule has 0 amide bonds. The Morgan fingerprint density at radius 1 is 0.368 bits per heavy atom. The minimum absolute atomic E-state index is 1.10. The van der Waals surface area contributed by atoms with Crippen LogP contribution in [0.1, 0.15) is 0 Å². The Morgan fingerprint density at radius 2 is 0.947 bits per heavy atom. The second kappa shape index (κ2) is 13.8. The zero-order chi connectivity index (χ0) is 37.7. The fourth-order valence-corrected chi connectivity index (χ4v) is 9.82. The Morgan fingerprint density at radius 3 is 1.75 bits per heavy atom. The van der Waals surface area contributed by atoms with Crippen molar-refractivity contribution < 1.29 is 0 Å². The normalized spacial score (nSPS) is 11.5. The molecule has 0 spiro atoms. The van der Waals surface area contributed by atoms with Gasteiger partial charge in [-0.1, -0.05) is 170 Å². The van der Waals surface area contributed by atoms with Crippen LogP contribution in [0.5, 0.6) is 0 Å². The number of para-hydroxylation sites is 2. The molecule has 0 saturated carbocycles. The molecule has 0 atom stereocenters. The fourth-order valence-electron chi connectivity index (χ4n) is 8.61. The second-order valence-electron chi connectivity index (χ2n) is 14.5.